The van der Waals surface area contributed by atoms with Crippen LogP contribution >= 0.6 is 0 Å². The van der Waals surface area contributed by atoms with E-state index in [1.807, 2.05) is 18.2 Å². The van der Waals surface area contributed by atoms with Crippen molar-refractivity contribution in [2.45, 2.75) is 37.5 Å². The fourth-order valence-electron chi connectivity index (χ4n) is 3.92. The third kappa shape index (κ3) is 10.1. The summed E-state index contributed by atoms with van der Waals surface area (Å²) in [5.41, 5.74) is 16.5. The molecule has 2 atom stereocenters. The first kappa shape index (κ1) is 30.8. The van der Waals surface area contributed by atoms with Gasteiger partial charge in [-0.3, -0.25) is 4.90 Å². The molecule has 1 aliphatic heterocycles. The number of likely N-dealkylation sites (N-methyl/N-ethyl adjacent to an activating group) is 1. The second-order valence-electron chi connectivity index (χ2n) is 8.40. The molecular weight excluding hydrogens is 443 g/mol. The van der Waals surface area contributed by atoms with Gasteiger partial charge in [0.2, 0.25) is 0 Å². The predicted molar refractivity (Wildman–Crippen MR) is 143 cm³/mol. The van der Waals surface area contributed by atoms with Gasteiger partial charge in [-0.25, -0.2) is 0 Å². The van der Waals surface area contributed by atoms with E-state index in [4.69, 9.17) is 16.9 Å². The van der Waals surface area contributed by atoms with Crippen LogP contribution in [0.25, 0.3) is 0 Å². The molecule has 7 heteroatoms. The average Bonchev–Trinajstić information content (AvgIpc) is 3.28. The summed E-state index contributed by atoms with van der Waals surface area (Å²) in [5.74, 6) is 0. The molecule has 0 aromatic heterocycles. The van der Waals surface area contributed by atoms with Crippen LogP contribution in [0.1, 0.15) is 48.2 Å². The van der Waals surface area contributed by atoms with E-state index < -0.39 is 6.17 Å². The largest absolute Gasteiger partial charge is 1.00 e. The van der Waals surface area contributed by atoms with Crippen molar-refractivity contribution in [3.63, 3.8) is 0 Å². The molecule has 2 aromatic rings. The third-order valence-electron chi connectivity index (χ3n) is 5.80. The SMILES string of the molecule is C=C(N[C@@H](c1ccccc1)c1ccc(C(N)N)cc1)C1CCCN1C.C=CCC(=N)C=[C-]NC.[Na+]. The van der Waals surface area contributed by atoms with Crippen molar-refractivity contribution in [2.75, 3.05) is 20.6 Å². The third-order valence-corrected chi connectivity index (χ3v) is 5.80. The number of nitrogens with one attached hydrogen (secondary N) is 3. The first-order chi connectivity index (χ1) is 16.4. The van der Waals surface area contributed by atoms with Crippen LogP contribution in [0.3, 0.4) is 0 Å². The zero-order chi connectivity index (χ0) is 24.9. The number of nitrogens with zero attached hydrogens (tertiary/aromatic N) is 1. The zero-order valence-electron chi connectivity index (χ0n) is 21.4. The van der Waals surface area contributed by atoms with Crippen LogP contribution in [0.5, 0.6) is 0 Å². The fourth-order valence-corrected chi connectivity index (χ4v) is 3.92. The van der Waals surface area contributed by atoms with E-state index in [2.05, 4.69) is 78.3 Å². The number of likely N-dealkylation sites (tertiary alicyclic amines) is 1. The molecule has 0 radical (unpaired) electrons. The summed E-state index contributed by atoms with van der Waals surface area (Å²) in [6.07, 6.45) is 8.50. The van der Waals surface area contributed by atoms with Crippen molar-refractivity contribution in [3.05, 3.63) is 108 Å². The van der Waals surface area contributed by atoms with Crippen molar-refractivity contribution in [2.24, 2.45) is 11.5 Å². The molecule has 35 heavy (non-hydrogen) atoms. The molecular formula is C28H39N6Na. The first-order valence-corrected chi connectivity index (χ1v) is 11.6. The Kier molecular flexibility index (Phi) is 14.5. The summed E-state index contributed by atoms with van der Waals surface area (Å²) in [6.45, 7) is 8.96. The maximum Gasteiger partial charge on any atom is 1.00 e. The average molecular weight is 483 g/mol. The molecule has 0 aliphatic carbocycles. The Morgan fingerprint density at radius 2 is 1.74 bits per heavy atom. The van der Waals surface area contributed by atoms with E-state index in [-0.39, 0.29) is 35.6 Å². The second-order valence-corrected chi connectivity index (χ2v) is 8.40. The number of nitrogens with two attached hydrogens (primary N) is 2. The second kappa shape index (κ2) is 16.5. The molecule has 1 unspecified atom stereocenters. The van der Waals surface area contributed by atoms with Gasteiger partial charge in [0, 0.05) is 11.7 Å². The molecule has 0 bridgehead atoms. The van der Waals surface area contributed by atoms with Gasteiger partial charge in [0.1, 0.15) is 0 Å². The van der Waals surface area contributed by atoms with E-state index in [0.29, 0.717) is 18.2 Å². The summed E-state index contributed by atoms with van der Waals surface area (Å²) in [5, 5.41) is 13.5. The van der Waals surface area contributed by atoms with Crippen LogP contribution in [-0.4, -0.2) is 37.3 Å². The number of hydrogen-bond acceptors (Lipinski definition) is 6. The Balaban J connectivity index is 0.000000526. The zero-order valence-corrected chi connectivity index (χ0v) is 23.4. The van der Waals surface area contributed by atoms with Gasteiger partial charge in [-0.2, -0.15) is 12.3 Å². The van der Waals surface area contributed by atoms with Crippen molar-refractivity contribution in [1.82, 2.24) is 15.5 Å². The Bertz CT molecular complexity index is 940. The van der Waals surface area contributed by atoms with E-state index in [1.54, 1.807) is 19.2 Å². The summed E-state index contributed by atoms with van der Waals surface area (Å²) in [4.78, 5) is 2.37. The standard InChI is InChI=1S/C21H28N4.C7H11N2.Na/c1-15(19-9-6-14-25(19)2)24-20(16-7-4-3-5-8-16)17-10-12-18(13-11-17)21(22)23;1-3-4-7(8)5-6-9-2;/h3-5,7-8,10-13,19-21,24H,1,6,9,14,22-23H2,2H3;3,5,8-9H,1,4H2,2H3;/q;-1;+1/t19?,20-;;/m0../s1. The van der Waals surface area contributed by atoms with E-state index in [9.17, 15) is 0 Å². The minimum absolute atomic E-state index is 0. The van der Waals surface area contributed by atoms with E-state index >= 15 is 0 Å². The molecule has 1 saturated heterocycles. The Labute approximate surface area is 233 Å². The molecule has 0 amide bonds. The van der Waals surface area contributed by atoms with Gasteiger partial charge in [0.25, 0.3) is 0 Å². The van der Waals surface area contributed by atoms with Crippen molar-refractivity contribution >= 4 is 5.71 Å². The number of hydrogen-bond donors (Lipinski definition) is 5. The normalized spacial score (nSPS) is 16.1. The van der Waals surface area contributed by atoms with Crippen LogP contribution in [0.2, 0.25) is 0 Å². The number of allylic oxidation sites excluding steroid dienone is 2. The quantitative estimate of drug-likeness (QED) is 0.0869. The van der Waals surface area contributed by atoms with Gasteiger partial charge in [0.05, 0.1) is 12.2 Å². The monoisotopic (exact) mass is 482 g/mol. The maximum absolute atomic E-state index is 7.16. The summed E-state index contributed by atoms with van der Waals surface area (Å²) in [7, 11) is 3.91. The minimum Gasteiger partial charge on any atom is -0.479 e. The Morgan fingerprint density at radius 1 is 1.14 bits per heavy atom. The van der Waals surface area contributed by atoms with Gasteiger partial charge >= 0.3 is 29.6 Å². The number of rotatable bonds is 10. The molecule has 6 nitrogen and oxygen atoms in total. The summed E-state index contributed by atoms with van der Waals surface area (Å²) < 4.78 is 0. The van der Waals surface area contributed by atoms with Gasteiger partial charge in [-0.1, -0.05) is 67.6 Å². The molecule has 3 rings (SSSR count). The number of benzene rings is 2. The van der Waals surface area contributed by atoms with Gasteiger partial charge in [-0.15, -0.1) is 18.4 Å². The Hall–Kier alpha value is -2.19. The van der Waals surface area contributed by atoms with Gasteiger partial charge in [-0.05, 0) is 50.2 Å². The molecule has 1 aliphatic rings. The maximum atomic E-state index is 7.16. The molecule has 0 spiro atoms. The van der Waals surface area contributed by atoms with Crippen LogP contribution in [0.4, 0.5) is 0 Å². The van der Waals surface area contributed by atoms with E-state index in [0.717, 1.165) is 24.2 Å². The topological polar surface area (TPSA) is 103 Å². The molecule has 1 heterocycles. The van der Waals surface area contributed by atoms with Crippen molar-refractivity contribution in [1.29, 1.82) is 5.41 Å². The van der Waals surface area contributed by atoms with Crippen LogP contribution in [0.15, 0.2) is 85.6 Å². The van der Waals surface area contributed by atoms with Crippen LogP contribution in [0, 0.1) is 11.6 Å². The summed E-state index contributed by atoms with van der Waals surface area (Å²) >= 11 is 0. The van der Waals surface area contributed by atoms with E-state index in [1.165, 1.54) is 17.5 Å². The summed E-state index contributed by atoms with van der Waals surface area (Å²) in [6, 6.07) is 19.1. The first-order valence-electron chi connectivity index (χ1n) is 11.6. The minimum atomic E-state index is -0.445. The predicted octanol–water partition coefficient (Wildman–Crippen LogP) is 1.01. The van der Waals surface area contributed by atoms with Crippen LogP contribution in [-0.2, 0) is 0 Å². The molecule has 2 aromatic carbocycles. The molecule has 7 N–H and O–H groups in total. The fraction of sp³-hybridized carbons (Fsp3) is 0.321. The molecule has 0 saturated carbocycles. The van der Waals surface area contributed by atoms with Crippen molar-refractivity contribution in [3.8, 4) is 0 Å². The van der Waals surface area contributed by atoms with Crippen LogP contribution < -0.4 is 51.7 Å². The Morgan fingerprint density at radius 3 is 2.26 bits per heavy atom. The smallest absolute Gasteiger partial charge is 0.479 e. The van der Waals surface area contributed by atoms with Gasteiger partial charge < -0.3 is 27.5 Å². The van der Waals surface area contributed by atoms with Crippen molar-refractivity contribution < 1.29 is 29.6 Å². The molecule has 1 fully saturated rings. The molecule has 182 valence electrons. The van der Waals surface area contributed by atoms with Gasteiger partial charge in [0.15, 0.2) is 0 Å².